The molecular formula is C11H9Br2F3OS. The molecule has 1 nitrogen and oxygen atoms in total. The zero-order valence-electron chi connectivity index (χ0n) is 9.06. The molecule has 0 N–H and O–H groups in total. The van der Waals surface area contributed by atoms with Crippen molar-refractivity contribution in [1.82, 2.24) is 0 Å². The summed E-state index contributed by atoms with van der Waals surface area (Å²) in [5, 5.41) is 0.665. The van der Waals surface area contributed by atoms with E-state index in [0.717, 1.165) is 5.56 Å². The number of carbonyl (C=O) groups excluding carboxylic acids is 1. The highest BCUT2D eigenvalue weighted by molar-refractivity contribution is 9.09. The van der Waals surface area contributed by atoms with Gasteiger partial charge in [-0.25, -0.2) is 0 Å². The minimum atomic E-state index is -4.29. The van der Waals surface area contributed by atoms with Crippen molar-refractivity contribution in [2.24, 2.45) is 0 Å². The quantitative estimate of drug-likeness (QED) is 0.521. The monoisotopic (exact) mass is 404 g/mol. The maximum absolute atomic E-state index is 12.2. The van der Waals surface area contributed by atoms with E-state index in [2.05, 4.69) is 31.9 Å². The molecule has 0 fully saturated rings. The van der Waals surface area contributed by atoms with Gasteiger partial charge in [0.25, 0.3) is 0 Å². The summed E-state index contributed by atoms with van der Waals surface area (Å²) >= 11 is 6.13. The fourth-order valence-corrected chi connectivity index (χ4v) is 2.68. The van der Waals surface area contributed by atoms with Crippen LogP contribution in [0.3, 0.4) is 0 Å². The van der Waals surface area contributed by atoms with Crippen molar-refractivity contribution < 1.29 is 18.0 Å². The van der Waals surface area contributed by atoms with Crippen LogP contribution < -0.4 is 0 Å². The number of ketones is 1. The van der Waals surface area contributed by atoms with Crippen LogP contribution in [0.4, 0.5) is 13.2 Å². The summed E-state index contributed by atoms with van der Waals surface area (Å²) in [4.78, 5) is 11.4. The molecule has 0 saturated carbocycles. The number of carbonyl (C=O) groups is 1. The second-order valence-electron chi connectivity index (χ2n) is 3.46. The van der Waals surface area contributed by atoms with E-state index < -0.39 is 5.51 Å². The van der Waals surface area contributed by atoms with Crippen molar-refractivity contribution in [3.63, 3.8) is 0 Å². The van der Waals surface area contributed by atoms with Crippen molar-refractivity contribution in [3.05, 3.63) is 29.3 Å². The van der Waals surface area contributed by atoms with Crippen molar-refractivity contribution in [3.8, 4) is 0 Å². The third kappa shape index (κ3) is 5.32. The Bertz CT molecular complexity index is 435. The third-order valence-electron chi connectivity index (χ3n) is 2.09. The predicted octanol–water partition coefficient (Wildman–Crippen LogP) is 4.70. The molecule has 0 aliphatic carbocycles. The number of alkyl halides is 5. The highest BCUT2D eigenvalue weighted by Crippen LogP contribution is 2.37. The van der Waals surface area contributed by atoms with Gasteiger partial charge in [-0.3, -0.25) is 4.79 Å². The summed E-state index contributed by atoms with van der Waals surface area (Å²) in [7, 11) is 0. The Kier molecular flexibility index (Phi) is 6.20. The van der Waals surface area contributed by atoms with Gasteiger partial charge in [0, 0.05) is 16.6 Å². The van der Waals surface area contributed by atoms with E-state index in [-0.39, 0.29) is 34.2 Å². The van der Waals surface area contributed by atoms with E-state index in [0.29, 0.717) is 10.9 Å². The van der Waals surface area contributed by atoms with E-state index in [4.69, 9.17) is 0 Å². The van der Waals surface area contributed by atoms with Gasteiger partial charge < -0.3 is 0 Å². The summed E-state index contributed by atoms with van der Waals surface area (Å²) < 4.78 is 36.7. The van der Waals surface area contributed by atoms with Crippen molar-refractivity contribution >= 4 is 49.4 Å². The van der Waals surface area contributed by atoms with Gasteiger partial charge >= 0.3 is 5.51 Å². The summed E-state index contributed by atoms with van der Waals surface area (Å²) in [6.07, 6.45) is 0.225. The van der Waals surface area contributed by atoms with Crippen LogP contribution in [0.1, 0.15) is 11.1 Å². The molecule has 0 unspecified atom stereocenters. The molecule has 0 heterocycles. The van der Waals surface area contributed by atoms with Crippen LogP contribution >= 0.6 is 43.6 Å². The van der Waals surface area contributed by atoms with E-state index >= 15 is 0 Å². The molecule has 0 bridgehead atoms. The van der Waals surface area contributed by atoms with Crippen molar-refractivity contribution in [1.29, 1.82) is 0 Å². The first kappa shape index (κ1) is 16.0. The zero-order chi connectivity index (χ0) is 13.8. The lowest BCUT2D eigenvalue weighted by atomic mass is 10.0. The van der Waals surface area contributed by atoms with Crippen LogP contribution in [-0.4, -0.2) is 16.6 Å². The molecule has 1 rings (SSSR count). The third-order valence-corrected chi connectivity index (χ3v) is 4.04. The van der Waals surface area contributed by atoms with E-state index in [1.54, 1.807) is 6.07 Å². The molecule has 18 heavy (non-hydrogen) atoms. The number of halogens is 5. The van der Waals surface area contributed by atoms with Crippen molar-refractivity contribution in [2.45, 2.75) is 22.2 Å². The molecular weight excluding hydrogens is 397 g/mol. The van der Waals surface area contributed by atoms with Gasteiger partial charge in [0.15, 0.2) is 0 Å². The summed E-state index contributed by atoms with van der Waals surface area (Å²) in [6.45, 7) is 0. The van der Waals surface area contributed by atoms with Gasteiger partial charge in [-0.2, -0.15) is 13.2 Å². The second-order valence-corrected chi connectivity index (χ2v) is 5.72. The normalized spacial score (nSPS) is 11.6. The minimum Gasteiger partial charge on any atom is -0.298 e. The molecule has 100 valence electrons. The molecule has 0 radical (unpaired) electrons. The minimum absolute atomic E-state index is 0.00609. The van der Waals surface area contributed by atoms with Gasteiger partial charge in [-0.1, -0.05) is 37.9 Å². The van der Waals surface area contributed by atoms with E-state index in [1.807, 2.05) is 0 Å². The largest absolute Gasteiger partial charge is 0.446 e. The summed E-state index contributed by atoms with van der Waals surface area (Å²) in [6, 6.07) is 4.43. The first-order valence-corrected chi connectivity index (χ1v) is 7.93. The molecule has 0 saturated heterocycles. The van der Waals surface area contributed by atoms with Crippen LogP contribution in [0.25, 0.3) is 0 Å². The summed E-state index contributed by atoms with van der Waals surface area (Å²) in [5.41, 5.74) is -2.84. The van der Waals surface area contributed by atoms with E-state index in [1.165, 1.54) is 12.1 Å². The first-order valence-electron chi connectivity index (χ1n) is 4.87. The molecule has 1 aromatic carbocycles. The fraction of sp³-hybridized carbons (Fsp3) is 0.364. The SMILES string of the molecule is O=C(CBr)Cc1ccc(SC(F)(F)F)cc1CBr. The van der Waals surface area contributed by atoms with Crippen molar-refractivity contribution in [2.75, 3.05) is 5.33 Å². The molecule has 0 aromatic heterocycles. The van der Waals surface area contributed by atoms with Crippen LogP contribution in [0.2, 0.25) is 0 Å². The predicted molar refractivity (Wildman–Crippen MR) is 73.5 cm³/mol. The highest BCUT2D eigenvalue weighted by Gasteiger charge is 2.29. The molecule has 0 atom stereocenters. The lowest BCUT2D eigenvalue weighted by Gasteiger charge is -2.10. The fourth-order valence-electron chi connectivity index (χ4n) is 1.36. The second kappa shape index (κ2) is 6.96. The molecule has 0 aliphatic heterocycles. The average molecular weight is 406 g/mol. The Morgan fingerprint density at radius 2 is 1.89 bits per heavy atom. The number of hydrogen-bond donors (Lipinski definition) is 0. The lowest BCUT2D eigenvalue weighted by Crippen LogP contribution is -2.06. The number of Topliss-reactive ketones (excluding diaryl/α,β-unsaturated/α-hetero) is 1. The first-order chi connectivity index (χ1) is 8.35. The Balaban J connectivity index is 2.93. The Labute approximate surface area is 124 Å². The van der Waals surface area contributed by atoms with Crippen LogP contribution in [0.15, 0.2) is 23.1 Å². The van der Waals surface area contributed by atoms with E-state index in [9.17, 15) is 18.0 Å². The Morgan fingerprint density at radius 3 is 2.39 bits per heavy atom. The number of rotatable bonds is 5. The Morgan fingerprint density at radius 1 is 1.22 bits per heavy atom. The number of benzene rings is 1. The standard InChI is InChI=1S/C11H9Br2F3OS/c12-5-8-4-10(18-11(14,15)16)2-1-7(8)3-9(17)6-13/h1-2,4H,3,5-6H2. The smallest absolute Gasteiger partial charge is 0.298 e. The zero-order valence-corrected chi connectivity index (χ0v) is 13.0. The molecule has 7 heteroatoms. The highest BCUT2D eigenvalue weighted by atomic mass is 79.9. The topological polar surface area (TPSA) is 17.1 Å². The van der Waals surface area contributed by atoms with Crippen LogP contribution in [-0.2, 0) is 16.5 Å². The maximum atomic E-state index is 12.2. The van der Waals surface area contributed by atoms with Gasteiger partial charge in [-0.15, -0.1) is 0 Å². The Hall–Kier alpha value is -0.0100. The maximum Gasteiger partial charge on any atom is 0.446 e. The summed E-state index contributed by atoms with van der Waals surface area (Å²) in [5.74, 6) is -0.00609. The number of thioether (sulfide) groups is 1. The van der Waals surface area contributed by atoms with Crippen LogP contribution in [0, 0.1) is 0 Å². The number of hydrogen-bond acceptors (Lipinski definition) is 2. The van der Waals surface area contributed by atoms with Gasteiger partial charge in [0.05, 0.1) is 5.33 Å². The van der Waals surface area contributed by atoms with Crippen LogP contribution in [0.5, 0.6) is 0 Å². The lowest BCUT2D eigenvalue weighted by molar-refractivity contribution is -0.115. The van der Waals surface area contributed by atoms with Gasteiger partial charge in [-0.05, 0) is 35.0 Å². The molecule has 0 amide bonds. The van der Waals surface area contributed by atoms with Gasteiger partial charge in [0.2, 0.25) is 0 Å². The average Bonchev–Trinajstić information content (AvgIpc) is 2.28. The molecule has 1 aromatic rings. The van der Waals surface area contributed by atoms with Gasteiger partial charge in [0.1, 0.15) is 5.78 Å². The molecule has 0 aliphatic rings. The molecule has 0 spiro atoms.